The Morgan fingerprint density at radius 3 is 2.96 bits per heavy atom. The van der Waals surface area contributed by atoms with Crippen molar-refractivity contribution in [3.05, 3.63) is 60.6 Å². The number of aromatic nitrogens is 1. The predicted molar refractivity (Wildman–Crippen MR) is 107 cm³/mol. The molecule has 0 bridgehead atoms. The molecule has 1 N–H and O–H groups in total. The minimum Gasteiger partial charge on any atom is -0.456 e. The van der Waals surface area contributed by atoms with Gasteiger partial charge in [0.1, 0.15) is 5.58 Å². The zero-order valence-electron chi connectivity index (χ0n) is 15.2. The fraction of sp³-hybridized carbons (Fsp3) is 0.300. The molecular formula is C20H21N3O3S. The number of pyridine rings is 1. The Balaban J connectivity index is 1.77. The van der Waals surface area contributed by atoms with Crippen molar-refractivity contribution >= 4 is 33.6 Å². The predicted octanol–water partition coefficient (Wildman–Crippen LogP) is 3.74. The van der Waals surface area contributed by atoms with Crippen LogP contribution in [0, 0.1) is 0 Å². The lowest BCUT2D eigenvalue weighted by Crippen LogP contribution is -2.50. The zero-order chi connectivity index (χ0) is 18.9. The van der Waals surface area contributed by atoms with Crippen LogP contribution in [0.3, 0.4) is 0 Å². The summed E-state index contributed by atoms with van der Waals surface area (Å²) in [6, 6.07) is 13.3. The largest absolute Gasteiger partial charge is 0.456 e. The Bertz CT molecular complexity index is 926. The Kier molecular flexibility index (Phi) is 4.90. The number of furan rings is 1. The average Bonchev–Trinajstić information content (AvgIpc) is 3.25. The number of hydrogen-bond donors (Lipinski definition) is 1. The normalized spacial score (nSPS) is 22.6. The van der Waals surface area contributed by atoms with Crippen LogP contribution in [0.1, 0.15) is 12.7 Å². The Hall–Kier alpha value is -2.35. The molecule has 27 heavy (non-hydrogen) atoms. The van der Waals surface area contributed by atoms with Gasteiger partial charge in [0, 0.05) is 18.7 Å². The molecule has 0 spiro atoms. The van der Waals surface area contributed by atoms with Crippen LogP contribution in [0.5, 0.6) is 0 Å². The standard InChI is InChI=1S/C20H21N3O3S/c1-14(12-25-2)23-19(22-16-7-5-9-21-11-16)27-13-20(23,24)18-10-15-6-3-4-8-17(15)26-18/h3-11,14,24H,12-13H2,1-2H3/t14-,20+/m0/s1. The van der Waals surface area contributed by atoms with E-state index in [0.29, 0.717) is 18.1 Å². The van der Waals surface area contributed by atoms with E-state index in [-0.39, 0.29) is 6.04 Å². The Morgan fingerprint density at radius 1 is 1.37 bits per heavy atom. The number of rotatable bonds is 5. The molecule has 0 saturated carbocycles. The number of hydrogen-bond acceptors (Lipinski definition) is 6. The lowest BCUT2D eigenvalue weighted by molar-refractivity contribution is -0.0888. The van der Waals surface area contributed by atoms with Gasteiger partial charge in [-0.3, -0.25) is 4.98 Å². The van der Waals surface area contributed by atoms with Gasteiger partial charge in [-0.25, -0.2) is 4.99 Å². The topological polar surface area (TPSA) is 71.1 Å². The molecule has 4 rings (SSSR count). The number of fused-ring (bicyclic) bond motifs is 1. The number of nitrogens with zero attached hydrogens (tertiary/aromatic N) is 3. The Labute approximate surface area is 161 Å². The number of benzene rings is 1. The molecule has 0 aliphatic carbocycles. The number of para-hydroxylation sites is 1. The number of ether oxygens (including phenoxy) is 1. The smallest absolute Gasteiger partial charge is 0.209 e. The van der Waals surface area contributed by atoms with Gasteiger partial charge in [0.25, 0.3) is 0 Å². The first-order valence-electron chi connectivity index (χ1n) is 8.73. The van der Waals surface area contributed by atoms with Gasteiger partial charge in [0.05, 0.1) is 30.3 Å². The van der Waals surface area contributed by atoms with Crippen LogP contribution in [0.2, 0.25) is 0 Å². The molecule has 1 aromatic carbocycles. The Morgan fingerprint density at radius 2 is 2.22 bits per heavy atom. The van der Waals surface area contributed by atoms with Crippen molar-refractivity contribution in [2.75, 3.05) is 19.5 Å². The summed E-state index contributed by atoms with van der Waals surface area (Å²) in [6.07, 6.45) is 3.41. The molecule has 140 valence electrons. The van der Waals surface area contributed by atoms with Crippen molar-refractivity contribution in [1.29, 1.82) is 0 Å². The summed E-state index contributed by atoms with van der Waals surface area (Å²) in [4.78, 5) is 10.7. The van der Waals surface area contributed by atoms with Crippen molar-refractivity contribution in [1.82, 2.24) is 9.88 Å². The van der Waals surface area contributed by atoms with E-state index in [1.165, 1.54) is 11.8 Å². The summed E-state index contributed by atoms with van der Waals surface area (Å²) in [7, 11) is 1.65. The fourth-order valence-electron chi connectivity index (χ4n) is 3.32. The molecule has 3 heterocycles. The van der Waals surface area contributed by atoms with Gasteiger partial charge in [0.15, 0.2) is 10.9 Å². The van der Waals surface area contributed by atoms with Gasteiger partial charge >= 0.3 is 0 Å². The van der Waals surface area contributed by atoms with Gasteiger partial charge in [-0.15, -0.1) is 0 Å². The van der Waals surface area contributed by atoms with Crippen LogP contribution in [0.15, 0.2) is 64.3 Å². The molecule has 3 aromatic rings. The van der Waals surface area contributed by atoms with Crippen molar-refractivity contribution in [2.45, 2.75) is 18.7 Å². The van der Waals surface area contributed by atoms with Crippen molar-refractivity contribution in [2.24, 2.45) is 4.99 Å². The summed E-state index contributed by atoms with van der Waals surface area (Å²) in [5, 5.41) is 13.3. The fourth-order valence-corrected chi connectivity index (χ4v) is 4.57. The molecule has 0 unspecified atom stereocenters. The van der Waals surface area contributed by atoms with Gasteiger partial charge in [-0.05, 0) is 31.2 Å². The van der Waals surface area contributed by atoms with Gasteiger partial charge < -0.3 is 19.2 Å². The molecular weight excluding hydrogens is 362 g/mol. The SMILES string of the molecule is COC[C@H](C)N1C(=Nc2cccnc2)SC[C@@]1(O)c1cc2ccccc2o1. The minimum atomic E-state index is -1.30. The lowest BCUT2D eigenvalue weighted by atomic mass is 10.1. The number of methoxy groups -OCH3 is 1. The molecule has 0 radical (unpaired) electrons. The monoisotopic (exact) mass is 383 g/mol. The summed E-state index contributed by atoms with van der Waals surface area (Å²) >= 11 is 1.49. The van der Waals surface area contributed by atoms with Crippen LogP contribution in [-0.2, 0) is 10.5 Å². The maximum absolute atomic E-state index is 11.6. The highest BCUT2D eigenvalue weighted by Crippen LogP contribution is 2.43. The van der Waals surface area contributed by atoms with E-state index in [1.54, 1.807) is 19.5 Å². The third kappa shape index (κ3) is 3.34. The number of amidine groups is 1. The molecule has 2 aromatic heterocycles. The molecule has 1 saturated heterocycles. The summed E-state index contributed by atoms with van der Waals surface area (Å²) in [5.74, 6) is 0.926. The van der Waals surface area contributed by atoms with Crippen molar-refractivity contribution in [3.63, 3.8) is 0 Å². The first-order chi connectivity index (χ1) is 13.1. The van der Waals surface area contributed by atoms with Gasteiger partial charge in [-0.2, -0.15) is 0 Å². The van der Waals surface area contributed by atoms with E-state index in [9.17, 15) is 5.11 Å². The lowest BCUT2D eigenvalue weighted by Gasteiger charge is -2.36. The van der Waals surface area contributed by atoms with Crippen LogP contribution >= 0.6 is 11.8 Å². The molecule has 1 aliphatic heterocycles. The quantitative estimate of drug-likeness (QED) is 0.724. The molecule has 1 fully saturated rings. The second-order valence-electron chi connectivity index (χ2n) is 6.53. The van der Waals surface area contributed by atoms with Crippen LogP contribution in [-0.4, -0.2) is 45.7 Å². The van der Waals surface area contributed by atoms with E-state index in [0.717, 1.165) is 21.8 Å². The molecule has 0 amide bonds. The van der Waals surface area contributed by atoms with Crippen LogP contribution in [0.25, 0.3) is 11.0 Å². The third-order valence-corrected chi connectivity index (χ3v) is 5.64. The van der Waals surface area contributed by atoms with Crippen LogP contribution in [0.4, 0.5) is 5.69 Å². The molecule has 2 atom stereocenters. The molecule has 6 nitrogen and oxygen atoms in total. The second kappa shape index (κ2) is 7.34. The van der Waals surface area contributed by atoms with E-state index < -0.39 is 5.72 Å². The van der Waals surface area contributed by atoms with E-state index >= 15 is 0 Å². The molecule has 7 heteroatoms. The number of thioether (sulfide) groups is 1. The summed E-state index contributed by atoms with van der Waals surface area (Å²) < 4.78 is 11.3. The number of aliphatic hydroxyl groups is 1. The first-order valence-corrected chi connectivity index (χ1v) is 9.71. The third-order valence-electron chi connectivity index (χ3n) is 4.55. The highest BCUT2D eigenvalue weighted by Gasteiger charge is 2.49. The van der Waals surface area contributed by atoms with Gasteiger partial charge in [-0.1, -0.05) is 30.0 Å². The van der Waals surface area contributed by atoms with Gasteiger partial charge in [0.2, 0.25) is 5.72 Å². The van der Waals surface area contributed by atoms with Crippen LogP contribution < -0.4 is 0 Å². The minimum absolute atomic E-state index is 0.0985. The van der Waals surface area contributed by atoms with Crippen molar-refractivity contribution in [3.8, 4) is 0 Å². The maximum Gasteiger partial charge on any atom is 0.209 e. The maximum atomic E-state index is 11.6. The highest BCUT2D eigenvalue weighted by molar-refractivity contribution is 8.14. The summed E-state index contributed by atoms with van der Waals surface area (Å²) in [5.41, 5.74) is 0.189. The first kappa shape index (κ1) is 18.0. The van der Waals surface area contributed by atoms with E-state index in [1.807, 2.05) is 54.3 Å². The molecule has 1 aliphatic rings. The highest BCUT2D eigenvalue weighted by atomic mass is 32.2. The zero-order valence-corrected chi connectivity index (χ0v) is 16.0. The van der Waals surface area contributed by atoms with E-state index in [2.05, 4.69) is 4.98 Å². The second-order valence-corrected chi connectivity index (χ2v) is 7.48. The number of aliphatic imine (C=N–C) groups is 1. The van der Waals surface area contributed by atoms with Crippen molar-refractivity contribution < 1.29 is 14.3 Å². The average molecular weight is 383 g/mol. The van der Waals surface area contributed by atoms with E-state index in [4.69, 9.17) is 14.1 Å². The summed E-state index contributed by atoms with van der Waals surface area (Å²) in [6.45, 7) is 2.46.